The van der Waals surface area contributed by atoms with Gasteiger partial charge < -0.3 is 10.1 Å². The van der Waals surface area contributed by atoms with Crippen LogP contribution in [0.25, 0.3) is 10.1 Å². The molecule has 0 spiro atoms. The van der Waals surface area contributed by atoms with E-state index >= 15 is 0 Å². The fourth-order valence-electron chi connectivity index (χ4n) is 2.60. The van der Waals surface area contributed by atoms with Crippen molar-refractivity contribution in [1.29, 1.82) is 0 Å². The molecule has 0 radical (unpaired) electrons. The summed E-state index contributed by atoms with van der Waals surface area (Å²) in [6.45, 7) is 2.29. The van der Waals surface area contributed by atoms with Crippen LogP contribution in [0.3, 0.4) is 0 Å². The summed E-state index contributed by atoms with van der Waals surface area (Å²) in [6, 6.07) is 6.40. The molecule has 90 valence electrons. The minimum atomic E-state index is 0.720. The second-order valence-corrected chi connectivity index (χ2v) is 5.49. The van der Waals surface area contributed by atoms with Gasteiger partial charge in [0.1, 0.15) is 5.75 Å². The van der Waals surface area contributed by atoms with Crippen molar-refractivity contribution in [2.45, 2.75) is 18.8 Å². The van der Waals surface area contributed by atoms with E-state index in [-0.39, 0.29) is 0 Å². The van der Waals surface area contributed by atoms with Gasteiger partial charge in [-0.2, -0.15) is 0 Å². The standard InChI is InChI=1S/C14H17NOS/c1-16-11-2-3-14-12(8-11)13(9-17-14)10-4-6-15-7-5-10/h2-3,8-10,15H,4-7H2,1H3. The minimum Gasteiger partial charge on any atom is -0.497 e. The summed E-state index contributed by atoms with van der Waals surface area (Å²) in [5, 5.41) is 7.15. The Hall–Kier alpha value is -1.06. The SMILES string of the molecule is COc1ccc2scc(C3CCNCC3)c2c1. The number of hydrogen-bond donors (Lipinski definition) is 1. The first kappa shape index (κ1) is 11.1. The molecule has 0 amide bonds. The van der Waals surface area contributed by atoms with Gasteiger partial charge in [-0.1, -0.05) is 0 Å². The van der Waals surface area contributed by atoms with Crippen LogP contribution in [0.4, 0.5) is 0 Å². The zero-order valence-corrected chi connectivity index (χ0v) is 10.8. The summed E-state index contributed by atoms with van der Waals surface area (Å²) in [7, 11) is 1.73. The number of benzene rings is 1. The molecule has 1 aliphatic heterocycles. The molecule has 1 fully saturated rings. The van der Waals surface area contributed by atoms with Crippen LogP contribution in [0, 0.1) is 0 Å². The maximum absolute atomic E-state index is 5.33. The average molecular weight is 247 g/mol. The lowest BCUT2D eigenvalue weighted by molar-refractivity contribution is 0.415. The van der Waals surface area contributed by atoms with Crippen molar-refractivity contribution in [1.82, 2.24) is 5.32 Å². The first-order chi connectivity index (χ1) is 8.38. The van der Waals surface area contributed by atoms with Gasteiger partial charge in [0, 0.05) is 4.70 Å². The first-order valence-corrected chi connectivity index (χ1v) is 7.02. The van der Waals surface area contributed by atoms with E-state index in [2.05, 4.69) is 22.8 Å². The van der Waals surface area contributed by atoms with Crippen LogP contribution < -0.4 is 10.1 Å². The summed E-state index contributed by atoms with van der Waals surface area (Å²) in [6.07, 6.45) is 2.51. The highest BCUT2D eigenvalue weighted by Crippen LogP contribution is 2.37. The number of piperidine rings is 1. The summed E-state index contributed by atoms with van der Waals surface area (Å²) >= 11 is 1.85. The molecule has 3 rings (SSSR count). The van der Waals surface area contributed by atoms with E-state index in [1.807, 2.05) is 17.4 Å². The molecule has 3 heteroatoms. The Balaban J connectivity index is 2.02. The van der Waals surface area contributed by atoms with Gasteiger partial charge in [0.25, 0.3) is 0 Å². The molecule has 2 heterocycles. The predicted molar refractivity (Wildman–Crippen MR) is 73.2 cm³/mol. The van der Waals surface area contributed by atoms with E-state index in [9.17, 15) is 0 Å². The highest BCUT2D eigenvalue weighted by molar-refractivity contribution is 7.17. The van der Waals surface area contributed by atoms with Gasteiger partial charge in [0.15, 0.2) is 0 Å². The number of fused-ring (bicyclic) bond motifs is 1. The Morgan fingerprint density at radius 1 is 1.29 bits per heavy atom. The number of ether oxygens (including phenoxy) is 1. The van der Waals surface area contributed by atoms with E-state index < -0.39 is 0 Å². The Morgan fingerprint density at radius 2 is 2.12 bits per heavy atom. The molecule has 0 unspecified atom stereocenters. The molecule has 1 aromatic carbocycles. The Bertz CT molecular complexity index is 514. The summed E-state index contributed by atoms with van der Waals surface area (Å²) < 4.78 is 6.70. The molecule has 1 aliphatic rings. The number of thiophene rings is 1. The largest absolute Gasteiger partial charge is 0.497 e. The highest BCUT2D eigenvalue weighted by Gasteiger charge is 2.18. The van der Waals surface area contributed by atoms with Gasteiger partial charge in [-0.25, -0.2) is 0 Å². The first-order valence-electron chi connectivity index (χ1n) is 6.14. The molecule has 2 aromatic rings. The summed E-state index contributed by atoms with van der Waals surface area (Å²) in [4.78, 5) is 0. The van der Waals surface area contributed by atoms with Gasteiger partial charge in [0.2, 0.25) is 0 Å². The summed E-state index contributed by atoms with van der Waals surface area (Å²) in [5.41, 5.74) is 1.52. The van der Waals surface area contributed by atoms with E-state index in [0.29, 0.717) is 0 Å². The molecule has 0 atom stereocenters. The molecular formula is C14H17NOS. The number of rotatable bonds is 2. The zero-order valence-electron chi connectivity index (χ0n) is 10.0. The molecular weight excluding hydrogens is 230 g/mol. The van der Waals surface area contributed by atoms with Crippen LogP contribution in [-0.4, -0.2) is 20.2 Å². The van der Waals surface area contributed by atoms with Crippen LogP contribution in [0.1, 0.15) is 24.3 Å². The molecule has 0 bridgehead atoms. The lowest BCUT2D eigenvalue weighted by Crippen LogP contribution is -2.26. The summed E-state index contributed by atoms with van der Waals surface area (Å²) in [5.74, 6) is 1.68. The van der Waals surface area contributed by atoms with E-state index in [0.717, 1.165) is 24.8 Å². The number of methoxy groups -OCH3 is 1. The van der Waals surface area contributed by atoms with E-state index in [1.54, 1.807) is 7.11 Å². The van der Waals surface area contributed by atoms with Crippen LogP contribution in [0.2, 0.25) is 0 Å². The number of hydrogen-bond acceptors (Lipinski definition) is 3. The van der Waals surface area contributed by atoms with Gasteiger partial charge in [0.05, 0.1) is 7.11 Å². The van der Waals surface area contributed by atoms with Crippen molar-refractivity contribution in [3.8, 4) is 5.75 Å². The predicted octanol–water partition coefficient (Wildman–Crippen LogP) is 3.38. The van der Waals surface area contributed by atoms with Crippen molar-refractivity contribution in [2.75, 3.05) is 20.2 Å². The third-order valence-electron chi connectivity index (χ3n) is 3.59. The van der Waals surface area contributed by atoms with Crippen LogP contribution >= 0.6 is 11.3 Å². The molecule has 17 heavy (non-hydrogen) atoms. The Kier molecular flexibility index (Phi) is 3.04. The van der Waals surface area contributed by atoms with Crippen molar-refractivity contribution < 1.29 is 4.74 Å². The van der Waals surface area contributed by atoms with Crippen LogP contribution in [0.5, 0.6) is 5.75 Å². The Morgan fingerprint density at radius 3 is 2.88 bits per heavy atom. The van der Waals surface area contributed by atoms with Gasteiger partial charge in [-0.3, -0.25) is 0 Å². The lowest BCUT2D eigenvalue weighted by atomic mass is 9.90. The smallest absolute Gasteiger partial charge is 0.119 e. The van der Waals surface area contributed by atoms with Crippen LogP contribution in [-0.2, 0) is 0 Å². The molecule has 1 N–H and O–H groups in total. The van der Waals surface area contributed by atoms with E-state index in [1.165, 1.54) is 28.5 Å². The molecule has 1 aromatic heterocycles. The normalized spacial score (nSPS) is 17.5. The topological polar surface area (TPSA) is 21.3 Å². The van der Waals surface area contributed by atoms with Crippen molar-refractivity contribution in [2.24, 2.45) is 0 Å². The average Bonchev–Trinajstić information content (AvgIpc) is 2.82. The Labute approximate surface area is 106 Å². The molecule has 0 saturated carbocycles. The lowest BCUT2D eigenvalue weighted by Gasteiger charge is -2.22. The zero-order chi connectivity index (χ0) is 11.7. The van der Waals surface area contributed by atoms with Gasteiger partial charge in [-0.05, 0) is 66.4 Å². The molecule has 2 nitrogen and oxygen atoms in total. The fourth-order valence-corrected chi connectivity index (χ4v) is 3.63. The van der Waals surface area contributed by atoms with Crippen LogP contribution in [0.15, 0.2) is 23.6 Å². The highest BCUT2D eigenvalue weighted by atomic mass is 32.1. The third-order valence-corrected chi connectivity index (χ3v) is 4.57. The van der Waals surface area contributed by atoms with Crippen molar-refractivity contribution in [3.63, 3.8) is 0 Å². The molecule has 0 aliphatic carbocycles. The van der Waals surface area contributed by atoms with Gasteiger partial charge >= 0.3 is 0 Å². The second-order valence-electron chi connectivity index (χ2n) is 4.58. The maximum atomic E-state index is 5.33. The maximum Gasteiger partial charge on any atom is 0.119 e. The van der Waals surface area contributed by atoms with Crippen molar-refractivity contribution in [3.05, 3.63) is 29.1 Å². The van der Waals surface area contributed by atoms with Crippen molar-refractivity contribution >= 4 is 21.4 Å². The quantitative estimate of drug-likeness (QED) is 0.878. The third kappa shape index (κ3) is 2.05. The number of nitrogens with one attached hydrogen (secondary N) is 1. The second kappa shape index (κ2) is 4.67. The minimum absolute atomic E-state index is 0.720. The van der Waals surface area contributed by atoms with Gasteiger partial charge in [-0.15, -0.1) is 11.3 Å². The van der Waals surface area contributed by atoms with E-state index in [4.69, 9.17) is 4.74 Å². The fraction of sp³-hybridized carbons (Fsp3) is 0.429. The molecule has 1 saturated heterocycles. The monoisotopic (exact) mass is 247 g/mol.